The van der Waals surface area contributed by atoms with Gasteiger partial charge in [0.15, 0.2) is 5.43 Å². The summed E-state index contributed by atoms with van der Waals surface area (Å²) in [5.41, 5.74) is 1.35. The number of nitrogens with zero attached hydrogens (tertiary/aromatic N) is 2. The third kappa shape index (κ3) is 5.15. The Kier molecular flexibility index (Phi) is 6.44. The van der Waals surface area contributed by atoms with Gasteiger partial charge < -0.3 is 13.6 Å². The van der Waals surface area contributed by atoms with Crippen LogP contribution in [0, 0.1) is 6.92 Å². The van der Waals surface area contributed by atoms with Gasteiger partial charge in [-0.1, -0.05) is 12.1 Å². The zero-order valence-corrected chi connectivity index (χ0v) is 16.9. The Labute approximate surface area is 170 Å². The predicted molar refractivity (Wildman–Crippen MR) is 112 cm³/mol. The fourth-order valence-corrected chi connectivity index (χ4v) is 3.82. The number of fused-ring (bicyclic) bond motifs is 1. The number of hydrogen-bond acceptors (Lipinski definition) is 6. The first-order valence-electron chi connectivity index (χ1n) is 10.3. The molecule has 0 unspecified atom stereocenters. The van der Waals surface area contributed by atoms with Gasteiger partial charge in [0.25, 0.3) is 0 Å². The average molecular weight is 396 g/mol. The summed E-state index contributed by atoms with van der Waals surface area (Å²) in [5.74, 6) is 1.82. The van der Waals surface area contributed by atoms with Gasteiger partial charge in [-0.05, 0) is 44.2 Å². The van der Waals surface area contributed by atoms with Crippen molar-refractivity contribution in [1.82, 2.24) is 9.80 Å². The van der Waals surface area contributed by atoms with E-state index >= 15 is 0 Å². The SMILES string of the molecule is Cc1ccc(CN(CCCN2CCOCC2)Cc2coc3ccccc3c2=O)o1. The summed E-state index contributed by atoms with van der Waals surface area (Å²) in [5, 5.41) is 0.632. The number of para-hydroxylation sites is 1. The maximum atomic E-state index is 12.9. The van der Waals surface area contributed by atoms with Crippen LogP contribution in [0.15, 0.2) is 56.3 Å². The number of aryl methyl sites for hydroxylation is 1. The molecule has 0 spiro atoms. The minimum absolute atomic E-state index is 0.0423. The van der Waals surface area contributed by atoms with Crippen molar-refractivity contribution in [3.63, 3.8) is 0 Å². The van der Waals surface area contributed by atoms with Crippen molar-refractivity contribution in [1.29, 1.82) is 0 Å². The van der Waals surface area contributed by atoms with E-state index in [9.17, 15) is 4.79 Å². The Morgan fingerprint density at radius 3 is 2.69 bits per heavy atom. The molecule has 154 valence electrons. The highest BCUT2D eigenvalue weighted by Gasteiger charge is 2.15. The lowest BCUT2D eigenvalue weighted by molar-refractivity contribution is 0.0357. The lowest BCUT2D eigenvalue weighted by Crippen LogP contribution is -2.38. The molecule has 4 rings (SSSR count). The quantitative estimate of drug-likeness (QED) is 0.582. The van der Waals surface area contributed by atoms with Gasteiger partial charge in [0, 0.05) is 31.7 Å². The van der Waals surface area contributed by atoms with Gasteiger partial charge in [0.1, 0.15) is 17.1 Å². The molecule has 6 heteroatoms. The molecule has 2 aromatic heterocycles. The summed E-state index contributed by atoms with van der Waals surface area (Å²) >= 11 is 0. The second kappa shape index (κ2) is 9.39. The molecular weight excluding hydrogens is 368 g/mol. The van der Waals surface area contributed by atoms with Gasteiger partial charge in [0.05, 0.1) is 31.4 Å². The Morgan fingerprint density at radius 1 is 1.07 bits per heavy atom. The number of ether oxygens (including phenoxy) is 1. The fourth-order valence-electron chi connectivity index (χ4n) is 3.82. The van der Waals surface area contributed by atoms with Crippen LogP contribution in [0.5, 0.6) is 0 Å². The van der Waals surface area contributed by atoms with E-state index < -0.39 is 0 Å². The lowest BCUT2D eigenvalue weighted by Gasteiger charge is -2.28. The summed E-state index contributed by atoms with van der Waals surface area (Å²) in [6, 6.07) is 11.4. The standard InChI is InChI=1S/C23H28N2O4/c1-18-7-8-20(29-18)16-25(10-4-9-24-11-13-27-14-12-24)15-19-17-28-22-6-3-2-5-21(22)23(19)26/h2-3,5-8,17H,4,9-16H2,1H3. The zero-order valence-electron chi connectivity index (χ0n) is 16.9. The number of rotatable bonds is 8. The van der Waals surface area contributed by atoms with Crippen molar-refractivity contribution in [3.8, 4) is 0 Å². The molecule has 1 fully saturated rings. The molecule has 29 heavy (non-hydrogen) atoms. The summed E-state index contributed by atoms with van der Waals surface area (Å²) in [4.78, 5) is 17.6. The van der Waals surface area contributed by atoms with Crippen molar-refractivity contribution in [2.24, 2.45) is 0 Å². The smallest absolute Gasteiger partial charge is 0.197 e. The molecule has 1 saturated heterocycles. The zero-order chi connectivity index (χ0) is 20.1. The van der Waals surface area contributed by atoms with Crippen molar-refractivity contribution in [2.75, 3.05) is 39.4 Å². The molecule has 0 bridgehead atoms. The molecule has 0 aliphatic carbocycles. The molecule has 0 atom stereocenters. The molecule has 1 aliphatic heterocycles. The van der Waals surface area contributed by atoms with Gasteiger partial charge in [-0.2, -0.15) is 0 Å². The van der Waals surface area contributed by atoms with E-state index in [1.165, 1.54) is 0 Å². The maximum Gasteiger partial charge on any atom is 0.197 e. The Balaban J connectivity index is 1.46. The number of morpholine rings is 1. The van der Waals surface area contributed by atoms with Gasteiger partial charge in [-0.15, -0.1) is 0 Å². The Hall–Kier alpha value is -2.41. The highest BCUT2D eigenvalue weighted by molar-refractivity contribution is 5.76. The van der Waals surface area contributed by atoms with E-state index in [1.807, 2.05) is 43.3 Å². The van der Waals surface area contributed by atoms with Crippen LogP contribution in [0.2, 0.25) is 0 Å². The third-order valence-electron chi connectivity index (χ3n) is 5.37. The average Bonchev–Trinajstić information content (AvgIpc) is 3.15. The van der Waals surface area contributed by atoms with Crippen LogP contribution in [0.3, 0.4) is 0 Å². The number of benzene rings is 1. The van der Waals surface area contributed by atoms with Gasteiger partial charge >= 0.3 is 0 Å². The minimum atomic E-state index is 0.0423. The van der Waals surface area contributed by atoms with Crippen LogP contribution < -0.4 is 5.43 Å². The second-order valence-corrected chi connectivity index (χ2v) is 7.62. The molecule has 0 radical (unpaired) electrons. The molecule has 3 aromatic rings. The molecule has 0 saturated carbocycles. The highest BCUT2D eigenvalue weighted by Crippen LogP contribution is 2.15. The molecule has 1 aromatic carbocycles. The predicted octanol–water partition coefficient (Wildman–Crippen LogP) is 3.42. The van der Waals surface area contributed by atoms with E-state index in [4.69, 9.17) is 13.6 Å². The maximum absolute atomic E-state index is 12.9. The van der Waals surface area contributed by atoms with Gasteiger partial charge in [-0.3, -0.25) is 14.6 Å². The highest BCUT2D eigenvalue weighted by atomic mass is 16.5. The lowest BCUT2D eigenvalue weighted by atomic mass is 10.1. The number of furan rings is 1. The monoisotopic (exact) mass is 396 g/mol. The molecule has 1 aliphatic rings. The van der Waals surface area contributed by atoms with Crippen molar-refractivity contribution in [3.05, 3.63) is 70.0 Å². The first-order valence-corrected chi connectivity index (χ1v) is 10.3. The summed E-state index contributed by atoms with van der Waals surface area (Å²) in [7, 11) is 0. The van der Waals surface area contributed by atoms with Crippen molar-refractivity contribution < 1.29 is 13.6 Å². The van der Waals surface area contributed by atoms with Crippen LogP contribution >= 0.6 is 0 Å². The summed E-state index contributed by atoms with van der Waals surface area (Å²) < 4.78 is 16.9. The molecular formula is C23H28N2O4. The van der Waals surface area contributed by atoms with E-state index in [0.717, 1.165) is 57.3 Å². The summed E-state index contributed by atoms with van der Waals surface area (Å²) in [6.45, 7) is 8.68. The van der Waals surface area contributed by atoms with E-state index in [2.05, 4.69) is 9.80 Å². The third-order valence-corrected chi connectivity index (χ3v) is 5.37. The second-order valence-electron chi connectivity index (χ2n) is 7.62. The van der Waals surface area contributed by atoms with Crippen LogP contribution in [-0.4, -0.2) is 49.2 Å². The first kappa shape index (κ1) is 19.9. The van der Waals surface area contributed by atoms with Crippen LogP contribution in [0.4, 0.5) is 0 Å². The van der Waals surface area contributed by atoms with E-state index in [1.54, 1.807) is 6.26 Å². The Bertz CT molecular complexity index is 988. The topological polar surface area (TPSA) is 59.1 Å². The van der Waals surface area contributed by atoms with Crippen molar-refractivity contribution >= 4 is 11.0 Å². The largest absolute Gasteiger partial charge is 0.465 e. The first-order chi connectivity index (χ1) is 14.2. The van der Waals surface area contributed by atoms with Crippen LogP contribution in [-0.2, 0) is 17.8 Å². The van der Waals surface area contributed by atoms with E-state index in [0.29, 0.717) is 29.6 Å². The fraction of sp³-hybridized carbons (Fsp3) is 0.435. The minimum Gasteiger partial charge on any atom is -0.465 e. The molecule has 0 N–H and O–H groups in total. The van der Waals surface area contributed by atoms with Crippen LogP contribution in [0.1, 0.15) is 23.5 Å². The van der Waals surface area contributed by atoms with Gasteiger partial charge in [-0.25, -0.2) is 0 Å². The molecule has 3 heterocycles. The van der Waals surface area contributed by atoms with Gasteiger partial charge in [0.2, 0.25) is 0 Å². The molecule has 0 amide bonds. The normalized spacial score (nSPS) is 15.4. The number of hydrogen-bond donors (Lipinski definition) is 0. The van der Waals surface area contributed by atoms with Crippen molar-refractivity contribution in [2.45, 2.75) is 26.4 Å². The summed E-state index contributed by atoms with van der Waals surface area (Å²) in [6.07, 6.45) is 2.63. The van der Waals surface area contributed by atoms with E-state index in [-0.39, 0.29) is 5.43 Å². The van der Waals surface area contributed by atoms with Crippen LogP contribution in [0.25, 0.3) is 11.0 Å². The Morgan fingerprint density at radius 2 is 1.90 bits per heavy atom. The molecule has 6 nitrogen and oxygen atoms in total.